The lowest BCUT2D eigenvalue weighted by atomic mass is 10.0. The van der Waals surface area contributed by atoms with E-state index in [0.29, 0.717) is 18.3 Å². The van der Waals surface area contributed by atoms with Crippen LogP contribution < -0.4 is 0 Å². The molecular weight excluding hydrogens is 316 g/mol. The lowest BCUT2D eigenvalue weighted by Gasteiger charge is -2.27. The summed E-state index contributed by atoms with van der Waals surface area (Å²) in [5.41, 5.74) is 2.57. The summed E-state index contributed by atoms with van der Waals surface area (Å²) in [4.78, 5) is 23.2. The molecule has 126 valence electrons. The number of carbonyl (C=O) groups excluding carboxylic acids is 1. The van der Waals surface area contributed by atoms with Crippen LogP contribution in [0.15, 0.2) is 53.3 Å². The molecule has 0 radical (unpaired) electrons. The average molecular weight is 334 g/mol. The molecule has 0 unspecified atom stereocenters. The van der Waals surface area contributed by atoms with Gasteiger partial charge in [-0.05, 0) is 29.7 Å². The highest BCUT2D eigenvalue weighted by molar-refractivity contribution is 5.98. The molecule has 1 amide bonds. The Bertz CT molecular complexity index is 905. The summed E-state index contributed by atoms with van der Waals surface area (Å²) in [6.45, 7) is 4.66. The van der Waals surface area contributed by atoms with E-state index in [2.05, 4.69) is 29.0 Å². The van der Waals surface area contributed by atoms with Crippen molar-refractivity contribution in [3.05, 3.63) is 65.8 Å². The number of benzene rings is 1. The molecule has 2 aromatic heterocycles. The van der Waals surface area contributed by atoms with Crippen LogP contribution in [-0.4, -0.2) is 25.9 Å². The van der Waals surface area contributed by atoms with Gasteiger partial charge in [-0.25, -0.2) is 0 Å². The van der Waals surface area contributed by atoms with Crippen molar-refractivity contribution in [2.45, 2.75) is 26.4 Å². The van der Waals surface area contributed by atoms with Gasteiger partial charge in [-0.2, -0.15) is 4.98 Å². The normalized spacial score (nSPS) is 14.8. The molecule has 0 saturated carbocycles. The van der Waals surface area contributed by atoms with Crippen LogP contribution in [0.5, 0.6) is 0 Å². The number of hydrogen-bond acceptors (Lipinski definition) is 5. The second-order valence-corrected chi connectivity index (χ2v) is 6.48. The summed E-state index contributed by atoms with van der Waals surface area (Å²) in [6, 6.07) is 11.1. The molecular formula is C19H18N4O2. The molecule has 25 heavy (non-hydrogen) atoms. The number of aromatic nitrogens is 3. The largest absolute Gasteiger partial charge is 0.337 e. The standard InChI is InChI=1S/C19H18N4O2/c1-12(2)16(23-11-14-6-3-4-8-15(14)19(23)24)18-21-17(22-25-18)13-7-5-9-20-10-13/h3-10,12,16H,11H2,1-2H3/t16-/m1/s1. The van der Waals surface area contributed by atoms with Crippen LogP contribution in [-0.2, 0) is 6.54 Å². The summed E-state index contributed by atoms with van der Waals surface area (Å²) in [6.07, 6.45) is 3.39. The van der Waals surface area contributed by atoms with E-state index < -0.39 is 0 Å². The zero-order chi connectivity index (χ0) is 17.4. The van der Waals surface area contributed by atoms with E-state index in [1.54, 1.807) is 12.4 Å². The van der Waals surface area contributed by atoms with Crippen LogP contribution in [0.3, 0.4) is 0 Å². The first kappa shape index (κ1) is 15.5. The molecule has 3 heterocycles. The monoisotopic (exact) mass is 334 g/mol. The first-order chi connectivity index (χ1) is 12.1. The van der Waals surface area contributed by atoms with Gasteiger partial charge in [0.05, 0.1) is 0 Å². The minimum absolute atomic E-state index is 0.00966. The van der Waals surface area contributed by atoms with Crippen molar-refractivity contribution in [2.24, 2.45) is 5.92 Å². The van der Waals surface area contributed by atoms with Crippen molar-refractivity contribution in [1.82, 2.24) is 20.0 Å². The topological polar surface area (TPSA) is 72.1 Å². The number of nitrogens with zero attached hydrogens (tertiary/aromatic N) is 4. The van der Waals surface area contributed by atoms with Gasteiger partial charge in [0.2, 0.25) is 11.7 Å². The van der Waals surface area contributed by atoms with E-state index in [0.717, 1.165) is 16.7 Å². The van der Waals surface area contributed by atoms with E-state index in [1.807, 2.05) is 41.3 Å². The number of pyridine rings is 1. The number of rotatable bonds is 4. The van der Waals surface area contributed by atoms with E-state index in [9.17, 15) is 4.79 Å². The highest BCUT2D eigenvalue weighted by atomic mass is 16.5. The average Bonchev–Trinajstić information content (AvgIpc) is 3.22. The number of carbonyl (C=O) groups is 1. The van der Waals surface area contributed by atoms with Gasteiger partial charge in [-0.1, -0.05) is 37.2 Å². The van der Waals surface area contributed by atoms with Crippen LogP contribution in [0.2, 0.25) is 0 Å². The van der Waals surface area contributed by atoms with Gasteiger partial charge in [0.25, 0.3) is 5.91 Å². The minimum atomic E-state index is -0.266. The van der Waals surface area contributed by atoms with Gasteiger partial charge in [-0.15, -0.1) is 0 Å². The third-order valence-electron chi connectivity index (χ3n) is 4.43. The summed E-state index contributed by atoms with van der Waals surface area (Å²) >= 11 is 0. The van der Waals surface area contributed by atoms with E-state index in [-0.39, 0.29) is 17.9 Å². The van der Waals surface area contributed by atoms with Crippen LogP contribution in [0.1, 0.15) is 41.7 Å². The molecule has 0 fully saturated rings. The van der Waals surface area contributed by atoms with Crippen LogP contribution in [0.25, 0.3) is 11.4 Å². The van der Waals surface area contributed by atoms with Crippen LogP contribution in [0, 0.1) is 5.92 Å². The lowest BCUT2D eigenvalue weighted by Crippen LogP contribution is -2.32. The molecule has 1 aliphatic heterocycles. The van der Waals surface area contributed by atoms with Crippen molar-refractivity contribution in [3.8, 4) is 11.4 Å². The summed E-state index contributed by atoms with van der Waals surface area (Å²) in [5.74, 6) is 1.09. The molecule has 0 saturated heterocycles. The maximum absolute atomic E-state index is 12.8. The molecule has 1 aliphatic rings. The zero-order valence-corrected chi connectivity index (χ0v) is 14.1. The predicted molar refractivity (Wildman–Crippen MR) is 91.4 cm³/mol. The number of amides is 1. The summed E-state index contributed by atoms with van der Waals surface area (Å²) in [5, 5.41) is 4.07. The minimum Gasteiger partial charge on any atom is -0.337 e. The third-order valence-corrected chi connectivity index (χ3v) is 4.43. The lowest BCUT2D eigenvalue weighted by molar-refractivity contribution is 0.0596. The Morgan fingerprint density at radius 2 is 2.00 bits per heavy atom. The molecule has 0 spiro atoms. The summed E-state index contributed by atoms with van der Waals surface area (Å²) in [7, 11) is 0. The van der Waals surface area contributed by atoms with Gasteiger partial charge in [0, 0.05) is 30.1 Å². The predicted octanol–water partition coefficient (Wildman–Crippen LogP) is 3.48. The molecule has 0 bridgehead atoms. The first-order valence-electron chi connectivity index (χ1n) is 8.28. The molecule has 1 aromatic carbocycles. The smallest absolute Gasteiger partial charge is 0.255 e. The van der Waals surface area contributed by atoms with Crippen LogP contribution in [0.4, 0.5) is 0 Å². The Morgan fingerprint density at radius 3 is 2.72 bits per heavy atom. The van der Waals surface area contributed by atoms with E-state index >= 15 is 0 Å². The number of hydrogen-bond donors (Lipinski definition) is 0. The van der Waals surface area contributed by atoms with Gasteiger partial charge in [-0.3, -0.25) is 9.78 Å². The molecule has 0 N–H and O–H groups in total. The van der Waals surface area contributed by atoms with Gasteiger partial charge in [0.1, 0.15) is 6.04 Å². The SMILES string of the molecule is CC(C)[C@H](c1nc(-c2cccnc2)no1)N1Cc2ccccc2C1=O. The Labute approximate surface area is 145 Å². The second kappa shape index (κ2) is 6.12. The maximum atomic E-state index is 12.8. The Morgan fingerprint density at radius 1 is 1.16 bits per heavy atom. The highest BCUT2D eigenvalue weighted by Crippen LogP contribution is 2.35. The van der Waals surface area contributed by atoms with Crippen LogP contribution >= 0.6 is 0 Å². The molecule has 6 heteroatoms. The Kier molecular flexibility index (Phi) is 3.80. The molecule has 6 nitrogen and oxygen atoms in total. The van der Waals surface area contributed by atoms with Crippen molar-refractivity contribution >= 4 is 5.91 Å². The quantitative estimate of drug-likeness (QED) is 0.730. The second-order valence-electron chi connectivity index (χ2n) is 6.48. The third kappa shape index (κ3) is 2.69. The van der Waals surface area contributed by atoms with Gasteiger partial charge >= 0.3 is 0 Å². The molecule has 1 atom stereocenters. The van der Waals surface area contributed by atoms with E-state index in [4.69, 9.17) is 4.52 Å². The zero-order valence-electron chi connectivity index (χ0n) is 14.1. The Balaban J connectivity index is 1.68. The number of fused-ring (bicyclic) bond motifs is 1. The van der Waals surface area contributed by atoms with Crippen molar-refractivity contribution in [3.63, 3.8) is 0 Å². The Hall–Kier alpha value is -3.02. The fourth-order valence-corrected chi connectivity index (χ4v) is 3.25. The molecule has 3 aromatic rings. The molecule has 0 aliphatic carbocycles. The molecule has 4 rings (SSSR count). The highest BCUT2D eigenvalue weighted by Gasteiger charge is 2.37. The summed E-state index contributed by atoms with van der Waals surface area (Å²) < 4.78 is 5.52. The fraction of sp³-hybridized carbons (Fsp3) is 0.263. The fourth-order valence-electron chi connectivity index (χ4n) is 3.25. The first-order valence-corrected chi connectivity index (χ1v) is 8.28. The van der Waals surface area contributed by atoms with Crippen molar-refractivity contribution < 1.29 is 9.32 Å². The van der Waals surface area contributed by atoms with Crippen molar-refractivity contribution in [2.75, 3.05) is 0 Å². The van der Waals surface area contributed by atoms with Crippen molar-refractivity contribution in [1.29, 1.82) is 0 Å². The van der Waals surface area contributed by atoms with E-state index in [1.165, 1.54) is 0 Å². The maximum Gasteiger partial charge on any atom is 0.255 e. The van der Waals surface area contributed by atoms with Gasteiger partial charge < -0.3 is 9.42 Å². The van der Waals surface area contributed by atoms with Gasteiger partial charge in [0.15, 0.2) is 0 Å².